The molecule has 2 amide bonds. The lowest BCUT2D eigenvalue weighted by atomic mass is 9.89. The molecule has 0 spiro atoms. The normalized spacial score (nSPS) is 11.6. The molecule has 0 saturated heterocycles. The van der Waals surface area contributed by atoms with Gasteiger partial charge in [0.1, 0.15) is 23.4 Å². The van der Waals surface area contributed by atoms with Gasteiger partial charge in [0.05, 0.1) is 22.9 Å². The molecule has 0 saturated carbocycles. The Kier molecular flexibility index (Phi) is 6.68. The van der Waals surface area contributed by atoms with Gasteiger partial charge in [-0.3, -0.25) is 14.6 Å². The van der Waals surface area contributed by atoms with Crippen LogP contribution in [0.2, 0.25) is 0 Å². The highest BCUT2D eigenvalue weighted by Gasteiger charge is 2.33. The van der Waals surface area contributed by atoms with Gasteiger partial charge in [0.2, 0.25) is 0 Å². The van der Waals surface area contributed by atoms with Crippen LogP contribution in [-0.4, -0.2) is 32.5 Å². The molecule has 10 heteroatoms. The molecule has 38 heavy (non-hydrogen) atoms. The molecule has 0 aliphatic carbocycles. The molecule has 0 aliphatic heterocycles. The van der Waals surface area contributed by atoms with Gasteiger partial charge in [0, 0.05) is 29.1 Å². The van der Waals surface area contributed by atoms with E-state index in [-0.39, 0.29) is 17.0 Å². The van der Waals surface area contributed by atoms with Crippen molar-refractivity contribution in [3.05, 3.63) is 120 Å². The van der Waals surface area contributed by atoms with Crippen molar-refractivity contribution >= 4 is 40.0 Å². The Morgan fingerprint density at radius 1 is 0.763 bits per heavy atom. The number of aromatic nitrogens is 3. The van der Waals surface area contributed by atoms with E-state index >= 15 is 0 Å². The molecule has 188 valence electrons. The number of Topliss-reactive ketones (excluding diaryl/α,β-unsaturated/α-hetero) is 2. The van der Waals surface area contributed by atoms with Crippen LogP contribution in [-0.2, 0) is 0 Å². The third kappa shape index (κ3) is 5.29. The lowest BCUT2D eigenvalue weighted by molar-refractivity contribution is 0.0855. The first-order valence-electron chi connectivity index (χ1n) is 11.4. The number of carbonyl (C=O) groups is 3. The number of hydrogen-bond acceptors (Lipinski definition) is 5. The maximum atomic E-state index is 13.9. The highest BCUT2D eigenvalue weighted by molar-refractivity contribution is 6.19. The summed E-state index contributed by atoms with van der Waals surface area (Å²) in [6, 6.07) is 18.1. The third-order valence-electron chi connectivity index (χ3n) is 5.68. The lowest BCUT2D eigenvalue weighted by Crippen LogP contribution is -2.24. The van der Waals surface area contributed by atoms with Gasteiger partial charge in [-0.15, -0.1) is 0 Å². The average molecular weight is 511 g/mol. The van der Waals surface area contributed by atoms with E-state index in [4.69, 9.17) is 0 Å². The van der Waals surface area contributed by atoms with Crippen molar-refractivity contribution in [2.24, 2.45) is 0 Å². The van der Waals surface area contributed by atoms with Crippen LogP contribution in [0.1, 0.15) is 32.5 Å². The van der Waals surface area contributed by atoms with Crippen molar-refractivity contribution in [1.29, 1.82) is 0 Å². The van der Waals surface area contributed by atoms with Crippen molar-refractivity contribution in [3.63, 3.8) is 0 Å². The van der Waals surface area contributed by atoms with Crippen LogP contribution in [0.5, 0.6) is 0 Å². The summed E-state index contributed by atoms with van der Waals surface area (Å²) in [5.74, 6) is -4.77. The molecule has 0 radical (unpaired) electrons. The number of ketones is 2. The second-order valence-electron chi connectivity index (χ2n) is 8.36. The first-order chi connectivity index (χ1) is 18.4. The Hall–Kier alpha value is -5.25. The van der Waals surface area contributed by atoms with Gasteiger partial charge in [-0.25, -0.2) is 18.6 Å². The van der Waals surface area contributed by atoms with Crippen molar-refractivity contribution in [1.82, 2.24) is 15.0 Å². The first-order valence-corrected chi connectivity index (χ1v) is 11.4. The number of rotatable bonds is 7. The largest absolute Gasteiger partial charge is 0.341 e. The molecule has 3 N–H and O–H groups in total. The summed E-state index contributed by atoms with van der Waals surface area (Å²) in [5, 5.41) is 5.34. The quantitative estimate of drug-likeness (QED) is 0.191. The summed E-state index contributed by atoms with van der Waals surface area (Å²) in [4.78, 5) is 50.6. The average Bonchev–Trinajstić information content (AvgIpc) is 3.32. The number of imidazole rings is 1. The molecule has 1 unspecified atom stereocenters. The minimum absolute atomic E-state index is 0.000448. The zero-order chi connectivity index (χ0) is 26.6. The first kappa shape index (κ1) is 24.4. The summed E-state index contributed by atoms with van der Waals surface area (Å²) in [5.41, 5.74) is 1.71. The number of amides is 2. The zero-order valence-electron chi connectivity index (χ0n) is 19.6. The number of anilines is 2. The van der Waals surface area contributed by atoms with Crippen molar-refractivity contribution in [2.75, 3.05) is 10.6 Å². The van der Waals surface area contributed by atoms with Crippen LogP contribution in [0.4, 0.5) is 25.0 Å². The van der Waals surface area contributed by atoms with Gasteiger partial charge >= 0.3 is 6.03 Å². The van der Waals surface area contributed by atoms with E-state index in [0.29, 0.717) is 28.5 Å². The molecule has 5 aromatic rings. The molecule has 2 heterocycles. The second kappa shape index (κ2) is 10.4. The van der Waals surface area contributed by atoms with E-state index in [0.717, 1.165) is 12.1 Å². The number of nitrogens with one attached hydrogen (secondary N) is 3. The van der Waals surface area contributed by atoms with E-state index < -0.39 is 35.1 Å². The van der Waals surface area contributed by atoms with Crippen LogP contribution < -0.4 is 10.6 Å². The van der Waals surface area contributed by atoms with Crippen molar-refractivity contribution < 1.29 is 23.2 Å². The van der Waals surface area contributed by atoms with E-state index in [1.165, 1.54) is 6.20 Å². The van der Waals surface area contributed by atoms with Crippen LogP contribution >= 0.6 is 0 Å². The van der Waals surface area contributed by atoms with Crippen LogP contribution in [0, 0.1) is 11.6 Å². The maximum Gasteiger partial charge on any atom is 0.323 e. The second-order valence-corrected chi connectivity index (χ2v) is 8.36. The summed E-state index contributed by atoms with van der Waals surface area (Å²) in [6.07, 6.45) is 3.08. The highest BCUT2D eigenvalue weighted by atomic mass is 19.1. The molecule has 0 aliphatic rings. The van der Waals surface area contributed by atoms with E-state index in [1.807, 2.05) is 0 Å². The molecule has 1 atom stereocenters. The Bertz CT molecular complexity index is 1640. The predicted octanol–water partition coefficient (Wildman–Crippen LogP) is 5.73. The summed E-state index contributed by atoms with van der Waals surface area (Å²) >= 11 is 0. The monoisotopic (exact) mass is 511 g/mol. The van der Waals surface area contributed by atoms with Gasteiger partial charge in [-0.1, -0.05) is 30.3 Å². The Balaban J connectivity index is 1.48. The van der Waals surface area contributed by atoms with Gasteiger partial charge in [-0.05, 0) is 42.5 Å². The fourth-order valence-corrected chi connectivity index (χ4v) is 3.97. The Labute approximate surface area is 214 Å². The number of benzene rings is 3. The van der Waals surface area contributed by atoms with Crippen LogP contribution in [0.15, 0.2) is 91.3 Å². The molecular formula is C28H19F2N5O3. The van der Waals surface area contributed by atoms with Gasteiger partial charge in [0.15, 0.2) is 11.6 Å². The number of pyridine rings is 1. The van der Waals surface area contributed by atoms with Crippen molar-refractivity contribution in [3.8, 4) is 0 Å². The summed E-state index contributed by atoms with van der Waals surface area (Å²) in [7, 11) is 0. The fourth-order valence-electron chi connectivity index (χ4n) is 3.97. The highest BCUT2D eigenvalue weighted by Crippen LogP contribution is 2.28. The zero-order valence-corrected chi connectivity index (χ0v) is 19.6. The van der Waals surface area contributed by atoms with Crippen LogP contribution in [0.3, 0.4) is 0 Å². The number of halogens is 2. The number of hydrogen-bond donors (Lipinski definition) is 3. The number of fused-ring (bicyclic) bond motifs is 1. The van der Waals surface area contributed by atoms with Crippen molar-refractivity contribution in [2.45, 2.75) is 5.92 Å². The van der Waals surface area contributed by atoms with E-state index in [1.54, 1.807) is 66.9 Å². The van der Waals surface area contributed by atoms with Crippen LogP contribution in [0.25, 0.3) is 11.0 Å². The molecule has 3 aromatic carbocycles. The predicted molar refractivity (Wildman–Crippen MR) is 137 cm³/mol. The number of urea groups is 1. The van der Waals surface area contributed by atoms with Gasteiger partial charge in [0.25, 0.3) is 0 Å². The standard InChI is InChI=1S/C28H19F2N5O3/c29-18-11-17(12-19(30)13-18)26(37)24(25(36)16-5-2-1-3-6-16)27-34-22-9-8-20(14-23(22)35-27)32-28(38)33-21-7-4-10-31-15-21/h1-15,24H,(H,34,35)(H2,32,33,38). The SMILES string of the molecule is O=C(Nc1cccnc1)Nc1ccc2nc(C(C(=O)c3ccccc3)C(=O)c3cc(F)cc(F)c3)[nH]c2c1. The topological polar surface area (TPSA) is 117 Å². The number of aromatic amines is 1. The molecule has 0 fully saturated rings. The van der Waals surface area contributed by atoms with Gasteiger partial charge in [-0.2, -0.15) is 0 Å². The minimum Gasteiger partial charge on any atom is -0.341 e. The Morgan fingerprint density at radius 2 is 1.47 bits per heavy atom. The number of H-pyrrole nitrogens is 1. The van der Waals surface area contributed by atoms with E-state index in [2.05, 4.69) is 25.6 Å². The maximum absolute atomic E-state index is 13.9. The minimum atomic E-state index is -1.49. The molecule has 2 aromatic heterocycles. The molecule has 8 nitrogen and oxygen atoms in total. The smallest absolute Gasteiger partial charge is 0.323 e. The summed E-state index contributed by atoms with van der Waals surface area (Å²) in [6.45, 7) is 0. The lowest BCUT2D eigenvalue weighted by Gasteiger charge is -2.13. The fraction of sp³-hybridized carbons (Fsp3) is 0.0357. The Morgan fingerprint density at radius 3 is 2.18 bits per heavy atom. The number of carbonyl (C=O) groups excluding carboxylic acids is 3. The van der Waals surface area contributed by atoms with E-state index in [9.17, 15) is 23.2 Å². The third-order valence-corrected chi connectivity index (χ3v) is 5.68. The molecular weight excluding hydrogens is 492 g/mol. The number of nitrogens with zero attached hydrogens (tertiary/aromatic N) is 2. The van der Waals surface area contributed by atoms with Gasteiger partial charge < -0.3 is 15.6 Å². The summed E-state index contributed by atoms with van der Waals surface area (Å²) < 4.78 is 27.8. The molecule has 0 bridgehead atoms. The molecule has 5 rings (SSSR count).